The predicted octanol–water partition coefficient (Wildman–Crippen LogP) is 19.6. The molecule has 0 N–H and O–H groups in total. The third-order valence-corrected chi connectivity index (χ3v) is 17.0. The van der Waals surface area contributed by atoms with Gasteiger partial charge in [-0.2, -0.15) is 12.1 Å². The zero-order chi connectivity index (χ0) is 57.4. The Morgan fingerprint density at radius 2 is 1.07 bits per heavy atom. The molecule has 0 unspecified atom stereocenters. The Morgan fingerprint density at radius 1 is 0.500 bits per heavy atom. The number of aryl methyl sites for hydroxylation is 1. The van der Waals surface area contributed by atoms with E-state index in [0.717, 1.165) is 66.8 Å². The Balaban J connectivity index is 0.00000640. The van der Waals surface area contributed by atoms with Crippen LogP contribution in [0.5, 0.6) is 11.5 Å². The van der Waals surface area contributed by atoms with E-state index in [1.54, 1.807) is 18.3 Å². The van der Waals surface area contributed by atoms with Crippen LogP contribution in [0, 0.1) is 25.7 Å². The van der Waals surface area contributed by atoms with Crippen LogP contribution in [0.1, 0.15) is 84.6 Å². The van der Waals surface area contributed by atoms with Crippen LogP contribution in [0.2, 0.25) is 0 Å². The van der Waals surface area contributed by atoms with Gasteiger partial charge < -0.3 is 19.1 Å². The fourth-order valence-electron chi connectivity index (χ4n) is 13.2. The normalized spacial score (nSPS) is 14.4. The topological polar surface area (TPSA) is 33.5 Å². The molecule has 0 saturated heterocycles. The van der Waals surface area contributed by atoms with E-state index < -0.39 is 12.3 Å². The number of nitrogens with zero attached hydrogens (tertiary/aromatic N) is 4. The van der Waals surface area contributed by atoms with E-state index in [0.29, 0.717) is 17.3 Å². The molecule has 0 atom stereocenters. The number of para-hydroxylation sites is 4. The van der Waals surface area contributed by atoms with Crippen LogP contribution in [-0.4, -0.2) is 9.55 Å². The van der Waals surface area contributed by atoms with E-state index in [1.165, 1.54) is 55.6 Å². The van der Waals surface area contributed by atoms with Crippen LogP contribution < -0.4 is 14.5 Å². The molecule has 0 bridgehead atoms. The number of aromatic nitrogens is 2. The fraction of sp³-hybridized carbons (Fsp3) is 0.132. The van der Waals surface area contributed by atoms with Gasteiger partial charge in [-0.15, -0.1) is 48.1 Å². The second-order valence-corrected chi connectivity index (χ2v) is 23.8. The molecule has 0 saturated carbocycles. The minimum Gasteiger partial charge on any atom is -0.509 e. The van der Waals surface area contributed by atoms with Gasteiger partial charge in [0.15, 0.2) is 0 Å². The van der Waals surface area contributed by atoms with E-state index in [2.05, 4.69) is 239 Å². The first-order valence-electron chi connectivity index (χ1n) is 29.4. The molecule has 402 valence electrons. The van der Waals surface area contributed by atoms with Gasteiger partial charge in [0.25, 0.3) is 0 Å². The Bertz CT molecular complexity index is 4600. The molecule has 1 aliphatic heterocycles. The van der Waals surface area contributed by atoms with Crippen molar-refractivity contribution in [3.05, 3.63) is 282 Å². The number of fused-ring (bicyclic) bond motifs is 14. The smallest absolute Gasteiger partial charge is 0.135 e. The van der Waals surface area contributed by atoms with Crippen LogP contribution in [0.3, 0.4) is 0 Å². The van der Waals surface area contributed by atoms with E-state index in [1.807, 2.05) is 47.0 Å². The number of hydrogen-bond donors (Lipinski definition) is 0. The molecule has 82 heavy (non-hydrogen) atoms. The molecule has 5 nitrogen and oxygen atoms in total. The molecule has 2 aliphatic carbocycles. The Hall–Kier alpha value is -8.76. The summed E-state index contributed by atoms with van der Waals surface area (Å²) in [5.41, 5.74) is 22.4. The largest absolute Gasteiger partial charge is 0.509 e. The maximum absolute atomic E-state index is 8.16. The van der Waals surface area contributed by atoms with Crippen LogP contribution in [0.4, 0.5) is 22.7 Å². The molecule has 2 aromatic heterocycles. The van der Waals surface area contributed by atoms with Gasteiger partial charge in [-0.25, -0.2) is 4.98 Å². The van der Waals surface area contributed by atoms with Gasteiger partial charge in [-0.3, -0.25) is 0 Å². The van der Waals surface area contributed by atoms with Crippen molar-refractivity contribution < 1.29 is 29.9 Å². The summed E-state index contributed by atoms with van der Waals surface area (Å²) in [7, 11) is 0. The quantitative estimate of drug-likeness (QED) is 0.149. The van der Waals surface area contributed by atoms with Gasteiger partial charge in [0.1, 0.15) is 5.82 Å². The molecule has 3 heterocycles. The minimum absolute atomic E-state index is 0. The summed E-state index contributed by atoms with van der Waals surface area (Å²) < 4.78 is 33.2. The van der Waals surface area contributed by atoms with Gasteiger partial charge in [0.05, 0.1) is 5.41 Å². The van der Waals surface area contributed by atoms with Gasteiger partial charge in [0, 0.05) is 76.6 Å². The number of rotatable bonds is 7. The Kier molecular flexibility index (Phi) is 11.2. The SMILES string of the molecule is [2H]C([2H])([2H])c1ccnc(-n2c3[c-]c(Oc4[c-]c(N5[CH-]N(c6c(-c7cc(C(C)(C)C)cc(C(C)(C)C)c7)cccc6-c6cccc7c6-c6ccccc6C76c7ccccc7-c7ccccc76)c6ccccc65)ccc4)ccc3c3ccccc32)c1.[Pt]. The van der Waals surface area contributed by atoms with Crippen molar-refractivity contribution in [3.63, 3.8) is 0 Å². The molecular formula is C76H59N4OPt-3. The summed E-state index contributed by atoms with van der Waals surface area (Å²) in [6.45, 7) is 13.8. The Labute approximate surface area is 499 Å². The maximum Gasteiger partial charge on any atom is 0.135 e. The third-order valence-electron chi connectivity index (χ3n) is 17.0. The molecule has 0 fully saturated rings. The van der Waals surface area contributed by atoms with Gasteiger partial charge in [-0.1, -0.05) is 205 Å². The van der Waals surface area contributed by atoms with Crippen molar-refractivity contribution >= 4 is 44.6 Å². The van der Waals surface area contributed by atoms with Gasteiger partial charge in [0.2, 0.25) is 0 Å². The van der Waals surface area contributed by atoms with Crippen molar-refractivity contribution in [1.82, 2.24) is 9.55 Å². The molecule has 0 radical (unpaired) electrons. The number of benzene rings is 10. The minimum atomic E-state index is -2.30. The molecule has 15 rings (SSSR count). The maximum atomic E-state index is 8.16. The number of ether oxygens (including phenoxy) is 1. The van der Waals surface area contributed by atoms with E-state index in [9.17, 15) is 0 Å². The number of hydrogen-bond acceptors (Lipinski definition) is 4. The molecule has 10 aromatic carbocycles. The standard InChI is InChI=1S/C76H59N4O.Pt/c1-48-39-40-77-71(41-48)80-67-34-15-11-25-58(67)59-38-37-54(46-70(59)80)81-53-22-18-21-52(45-53)78-47-79(69-36-17-16-35-68(69)78)73-55(49-42-50(74(2,3)4)44-51(43-49)75(5,6)7)27-19-29-61(73)60-28-20-33-66-72(60)62-26-10-14-32-65(62)76(66)63-30-12-8-23-56(63)57-24-9-13-31-64(57)76;/h8-44,47H,1-7H3;/q-3;/i1D3;. The summed E-state index contributed by atoms with van der Waals surface area (Å²) in [6, 6.07) is 85.2. The Morgan fingerprint density at radius 3 is 1.79 bits per heavy atom. The zero-order valence-corrected chi connectivity index (χ0v) is 48.7. The third kappa shape index (κ3) is 7.88. The molecular weight excluding hydrogens is 1180 g/mol. The average Bonchev–Trinajstić information content (AvgIpc) is 1.54. The fourth-order valence-corrected chi connectivity index (χ4v) is 13.2. The summed E-state index contributed by atoms with van der Waals surface area (Å²) in [4.78, 5) is 9.28. The summed E-state index contributed by atoms with van der Waals surface area (Å²) >= 11 is 0. The van der Waals surface area contributed by atoms with E-state index >= 15 is 0 Å². The number of anilines is 4. The molecule has 0 amide bonds. The first kappa shape index (κ1) is 48.0. The van der Waals surface area contributed by atoms with Crippen LogP contribution >= 0.6 is 0 Å². The average molecular weight is 1240 g/mol. The zero-order valence-electron chi connectivity index (χ0n) is 49.5. The molecule has 6 heteroatoms. The van der Waals surface area contributed by atoms with Crippen LogP contribution in [-0.2, 0) is 37.3 Å². The summed E-state index contributed by atoms with van der Waals surface area (Å²) in [5, 5.41) is 1.94. The number of pyridine rings is 1. The van der Waals surface area contributed by atoms with Crippen LogP contribution in [0.25, 0.3) is 72.1 Å². The van der Waals surface area contributed by atoms with Gasteiger partial charge >= 0.3 is 0 Å². The van der Waals surface area contributed by atoms with Crippen molar-refractivity contribution in [2.24, 2.45) is 0 Å². The molecule has 1 spiro atoms. The predicted molar refractivity (Wildman–Crippen MR) is 334 cm³/mol. The molecule has 3 aliphatic rings. The van der Waals surface area contributed by atoms with Crippen molar-refractivity contribution in [2.45, 2.75) is 64.6 Å². The second-order valence-electron chi connectivity index (χ2n) is 23.8. The second kappa shape index (κ2) is 19.2. The van der Waals surface area contributed by atoms with E-state index in [4.69, 9.17) is 8.85 Å². The summed E-state index contributed by atoms with van der Waals surface area (Å²) in [6.07, 6.45) is 1.55. The van der Waals surface area contributed by atoms with Crippen LogP contribution in [0.15, 0.2) is 225 Å². The first-order chi connectivity index (χ1) is 40.6. The summed E-state index contributed by atoms with van der Waals surface area (Å²) in [5.74, 6) is 1.48. The monoisotopic (exact) mass is 1240 g/mol. The first-order valence-corrected chi connectivity index (χ1v) is 27.9. The van der Waals surface area contributed by atoms with E-state index in [-0.39, 0.29) is 37.5 Å². The van der Waals surface area contributed by atoms with Gasteiger partial charge in [-0.05, 0) is 126 Å². The van der Waals surface area contributed by atoms with Crippen molar-refractivity contribution in [3.8, 4) is 61.8 Å². The molecule has 12 aromatic rings. The van der Waals surface area contributed by atoms with Crippen molar-refractivity contribution in [1.29, 1.82) is 0 Å². The van der Waals surface area contributed by atoms with Crippen molar-refractivity contribution in [2.75, 3.05) is 9.80 Å².